The molecule has 0 unspecified atom stereocenters. The predicted octanol–water partition coefficient (Wildman–Crippen LogP) is 4.60. The number of piperidine rings is 1. The smallest absolute Gasteiger partial charge is 0.194 e. The Morgan fingerprint density at radius 3 is 2.46 bits per heavy atom. The fourth-order valence-corrected chi connectivity index (χ4v) is 5.02. The molecule has 2 N–H and O–H groups in total. The third kappa shape index (κ3) is 6.24. The summed E-state index contributed by atoms with van der Waals surface area (Å²) in [6, 6.07) is 7.51. The zero-order chi connectivity index (χ0) is 26.4. The van der Waals surface area contributed by atoms with Crippen molar-refractivity contribution < 1.29 is 28.1 Å². The Labute approximate surface area is 214 Å². The second-order valence-corrected chi connectivity index (χ2v) is 9.65. The van der Waals surface area contributed by atoms with E-state index in [1.807, 2.05) is 18.2 Å². The van der Waals surface area contributed by atoms with Crippen LogP contribution in [0.25, 0.3) is 10.9 Å². The van der Waals surface area contributed by atoms with E-state index in [4.69, 9.17) is 4.74 Å². The van der Waals surface area contributed by atoms with Crippen LogP contribution in [0.15, 0.2) is 36.5 Å². The fraction of sp³-hybridized carbons (Fsp3) is 0.414. The number of aryl methyl sites for hydroxylation is 1. The molecular formula is C29H31F3N2O3. The van der Waals surface area contributed by atoms with Crippen LogP contribution in [0.3, 0.4) is 0 Å². The molecule has 1 aliphatic rings. The SMILES string of the molecule is COc1ccc2ncc(CO)c(CCCC3(CO)CCN(CC#Cc4cc(F)c(F)c(F)c4)CC3)c2c1. The van der Waals surface area contributed by atoms with Gasteiger partial charge in [-0.2, -0.15) is 0 Å². The van der Waals surface area contributed by atoms with Crippen molar-refractivity contribution >= 4 is 10.9 Å². The standard InChI is InChI=1S/C29H31F3N2O3/c1-37-22-6-7-27-24(16-22)23(21(18-35)17-33-27)5-2-8-29(19-36)9-12-34(13-10-29)11-3-4-20-14-25(30)28(32)26(31)15-20/h6-7,14-17,35-36H,2,5,8-13,18-19H2,1H3. The topological polar surface area (TPSA) is 65.8 Å². The minimum Gasteiger partial charge on any atom is -0.497 e. The Morgan fingerprint density at radius 2 is 1.81 bits per heavy atom. The normalized spacial score (nSPS) is 15.4. The molecule has 1 saturated heterocycles. The molecule has 2 heterocycles. The highest BCUT2D eigenvalue weighted by atomic mass is 19.2. The van der Waals surface area contributed by atoms with Gasteiger partial charge in [-0.1, -0.05) is 11.8 Å². The van der Waals surface area contributed by atoms with Crippen molar-refractivity contribution in [3.05, 3.63) is 70.7 Å². The maximum Gasteiger partial charge on any atom is 0.194 e. The molecule has 0 spiro atoms. The van der Waals surface area contributed by atoms with Crippen molar-refractivity contribution in [2.24, 2.45) is 5.41 Å². The van der Waals surface area contributed by atoms with Gasteiger partial charge in [-0.05, 0) is 92.1 Å². The zero-order valence-corrected chi connectivity index (χ0v) is 20.9. The number of likely N-dealkylation sites (tertiary alicyclic amines) is 1. The Kier molecular flexibility index (Phi) is 8.70. The van der Waals surface area contributed by atoms with Gasteiger partial charge in [0.2, 0.25) is 0 Å². The van der Waals surface area contributed by atoms with E-state index in [1.54, 1.807) is 13.3 Å². The molecule has 4 rings (SSSR count). The first-order valence-corrected chi connectivity index (χ1v) is 12.4. The number of hydrogen-bond acceptors (Lipinski definition) is 5. The van der Waals surface area contributed by atoms with Gasteiger partial charge in [0, 0.05) is 23.8 Å². The quantitative estimate of drug-likeness (QED) is 0.341. The Balaban J connectivity index is 1.35. The van der Waals surface area contributed by atoms with Crippen LogP contribution in [0.4, 0.5) is 13.2 Å². The summed E-state index contributed by atoms with van der Waals surface area (Å²) in [6.45, 7) is 1.93. The van der Waals surface area contributed by atoms with Gasteiger partial charge in [0.15, 0.2) is 17.5 Å². The number of ether oxygens (including phenoxy) is 1. The molecule has 196 valence electrons. The second-order valence-electron chi connectivity index (χ2n) is 9.65. The van der Waals surface area contributed by atoms with Gasteiger partial charge in [-0.3, -0.25) is 9.88 Å². The number of hydrogen-bond donors (Lipinski definition) is 2. The molecule has 0 bridgehead atoms. The highest BCUT2D eigenvalue weighted by molar-refractivity contribution is 5.84. The lowest BCUT2D eigenvalue weighted by atomic mass is 9.75. The number of aliphatic hydroxyl groups is 2. The van der Waals surface area contributed by atoms with Crippen molar-refractivity contribution in [2.45, 2.75) is 38.7 Å². The highest BCUT2D eigenvalue weighted by Crippen LogP contribution is 2.37. The number of nitrogens with zero attached hydrogens (tertiary/aromatic N) is 2. The molecule has 8 heteroatoms. The van der Waals surface area contributed by atoms with Crippen LogP contribution < -0.4 is 4.74 Å². The number of benzene rings is 2. The summed E-state index contributed by atoms with van der Waals surface area (Å²) in [5.74, 6) is 2.36. The fourth-order valence-electron chi connectivity index (χ4n) is 5.02. The Morgan fingerprint density at radius 1 is 1.08 bits per heavy atom. The van der Waals surface area contributed by atoms with Crippen molar-refractivity contribution in [1.82, 2.24) is 9.88 Å². The first-order chi connectivity index (χ1) is 17.9. The number of methoxy groups -OCH3 is 1. The van der Waals surface area contributed by atoms with Gasteiger partial charge >= 0.3 is 0 Å². The third-order valence-corrected chi connectivity index (χ3v) is 7.35. The molecule has 0 saturated carbocycles. The average Bonchev–Trinajstić information content (AvgIpc) is 2.92. The van der Waals surface area contributed by atoms with Gasteiger partial charge in [-0.25, -0.2) is 13.2 Å². The molecule has 2 aromatic carbocycles. The molecule has 0 radical (unpaired) electrons. The van der Waals surface area contributed by atoms with Crippen molar-refractivity contribution in [3.8, 4) is 17.6 Å². The van der Waals surface area contributed by atoms with E-state index in [2.05, 4.69) is 21.7 Å². The Hall–Kier alpha value is -3.12. The van der Waals surface area contributed by atoms with Gasteiger partial charge in [0.25, 0.3) is 0 Å². The van der Waals surface area contributed by atoms with Crippen molar-refractivity contribution in [2.75, 3.05) is 33.4 Å². The molecule has 0 amide bonds. The van der Waals surface area contributed by atoms with Gasteiger partial charge in [0.1, 0.15) is 5.75 Å². The summed E-state index contributed by atoms with van der Waals surface area (Å²) < 4.78 is 45.2. The first-order valence-electron chi connectivity index (χ1n) is 12.4. The number of rotatable bonds is 8. The number of pyridine rings is 1. The largest absolute Gasteiger partial charge is 0.497 e. The van der Waals surface area contributed by atoms with Crippen LogP contribution in [0.1, 0.15) is 42.4 Å². The summed E-state index contributed by atoms with van der Waals surface area (Å²) in [4.78, 5) is 6.60. The lowest BCUT2D eigenvalue weighted by molar-refractivity contribution is 0.0401. The van der Waals surface area contributed by atoms with Crippen LogP contribution in [0, 0.1) is 34.7 Å². The van der Waals surface area contributed by atoms with Gasteiger partial charge in [0.05, 0.1) is 25.8 Å². The lowest BCUT2D eigenvalue weighted by Gasteiger charge is -2.40. The first kappa shape index (κ1) is 26.9. The van der Waals surface area contributed by atoms with E-state index in [0.29, 0.717) is 6.54 Å². The van der Waals surface area contributed by atoms with Crippen LogP contribution in [0.5, 0.6) is 5.75 Å². The average molecular weight is 513 g/mol. The third-order valence-electron chi connectivity index (χ3n) is 7.35. The summed E-state index contributed by atoms with van der Waals surface area (Å²) >= 11 is 0. The van der Waals surface area contributed by atoms with E-state index in [1.165, 1.54) is 0 Å². The van der Waals surface area contributed by atoms with Gasteiger partial charge in [-0.15, -0.1) is 0 Å². The summed E-state index contributed by atoms with van der Waals surface area (Å²) in [5.41, 5.74) is 2.62. The molecule has 1 aliphatic heterocycles. The van der Waals surface area contributed by atoms with Crippen molar-refractivity contribution in [3.63, 3.8) is 0 Å². The zero-order valence-electron chi connectivity index (χ0n) is 20.9. The van der Waals surface area contributed by atoms with Crippen LogP contribution in [0.2, 0.25) is 0 Å². The number of halogens is 3. The van der Waals surface area contributed by atoms with E-state index >= 15 is 0 Å². The minimum absolute atomic E-state index is 0.0895. The van der Waals surface area contributed by atoms with E-state index in [-0.39, 0.29) is 24.2 Å². The Bertz CT molecular complexity index is 1280. The molecular weight excluding hydrogens is 481 g/mol. The maximum absolute atomic E-state index is 13.4. The molecule has 5 nitrogen and oxygen atoms in total. The predicted molar refractivity (Wildman–Crippen MR) is 136 cm³/mol. The molecule has 37 heavy (non-hydrogen) atoms. The summed E-state index contributed by atoms with van der Waals surface area (Å²) in [6.07, 6.45) is 5.79. The lowest BCUT2D eigenvalue weighted by Crippen LogP contribution is -2.42. The minimum atomic E-state index is -1.49. The van der Waals surface area contributed by atoms with Gasteiger partial charge < -0.3 is 14.9 Å². The molecule has 1 fully saturated rings. The van der Waals surface area contributed by atoms with Crippen molar-refractivity contribution in [1.29, 1.82) is 0 Å². The number of aromatic nitrogens is 1. The number of fused-ring (bicyclic) bond motifs is 1. The molecule has 0 atom stereocenters. The molecule has 0 aliphatic carbocycles. The molecule has 3 aromatic rings. The maximum atomic E-state index is 13.4. The molecule has 1 aromatic heterocycles. The van der Waals surface area contributed by atoms with Crippen LogP contribution in [-0.2, 0) is 13.0 Å². The van der Waals surface area contributed by atoms with E-state index in [0.717, 1.165) is 85.1 Å². The van der Waals surface area contributed by atoms with Crippen LogP contribution >= 0.6 is 0 Å². The monoisotopic (exact) mass is 512 g/mol. The highest BCUT2D eigenvalue weighted by Gasteiger charge is 2.33. The van der Waals surface area contributed by atoms with E-state index in [9.17, 15) is 23.4 Å². The van der Waals surface area contributed by atoms with Crippen LogP contribution in [-0.4, -0.2) is 53.4 Å². The summed E-state index contributed by atoms with van der Waals surface area (Å²) in [5, 5.41) is 21.1. The second kappa shape index (κ2) is 12.0. The number of aliphatic hydroxyl groups excluding tert-OH is 2. The van der Waals surface area contributed by atoms with E-state index < -0.39 is 17.5 Å². The summed E-state index contributed by atoms with van der Waals surface area (Å²) in [7, 11) is 1.62.